The molecule has 4 aromatic rings. The number of carbonyl (C=O) groups excluding carboxylic acids is 1. The van der Waals surface area contributed by atoms with Crippen molar-refractivity contribution in [3.63, 3.8) is 0 Å². The highest BCUT2D eigenvalue weighted by Crippen LogP contribution is 2.31. The van der Waals surface area contributed by atoms with E-state index in [4.69, 9.17) is 11.6 Å². The molecule has 4 aromatic carbocycles. The zero-order valence-electron chi connectivity index (χ0n) is 20.4. The van der Waals surface area contributed by atoms with Gasteiger partial charge in [-0.25, -0.2) is 13.8 Å². The first-order valence-electron chi connectivity index (χ1n) is 11.6. The van der Waals surface area contributed by atoms with E-state index < -0.39 is 10.0 Å². The van der Waals surface area contributed by atoms with Crippen LogP contribution in [0.5, 0.6) is 0 Å². The average molecular weight is 532 g/mol. The Kier molecular flexibility index (Phi) is 8.06. The number of amides is 1. The van der Waals surface area contributed by atoms with Gasteiger partial charge in [0.15, 0.2) is 0 Å². The van der Waals surface area contributed by atoms with Crippen molar-refractivity contribution >= 4 is 39.4 Å². The second kappa shape index (κ2) is 11.4. The predicted molar refractivity (Wildman–Crippen MR) is 149 cm³/mol. The fraction of sp³-hybridized carbons (Fsp3) is 0.103. The van der Waals surface area contributed by atoms with Gasteiger partial charge in [-0.2, -0.15) is 5.10 Å². The van der Waals surface area contributed by atoms with Crippen LogP contribution in [0.15, 0.2) is 107 Å². The number of rotatable bonds is 8. The first-order chi connectivity index (χ1) is 17.7. The fourth-order valence-electron chi connectivity index (χ4n) is 3.68. The number of aryl methyl sites for hydroxylation is 2. The van der Waals surface area contributed by atoms with E-state index in [0.717, 1.165) is 16.7 Å². The van der Waals surface area contributed by atoms with Crippen LogP contribution in [0.2, 0.25) is 5.02 Å². The molecule has 37 heavy (non-hydrogen) atoms. The highest BCUT2D eigenvalue weighted by Gasteiger charge is 2.26. The SMILES string of the molecule is Cc1ccc(/C=N\NC(=O)c2ccc(CN(c3cc(Cl)ccc3C)S(=O)(=O)c3ccccc3)cc2)cc1. The summed E-state index contributed by atoms with van der Waals surface area (Å²) in [4.78, 5) is 12.7. The lowest BCUT2D eigenvalue weighted by Gasteiger charge is -2.26. The number of benzene rings is 4. The Balaban J connectivity index is 1.55. The van der Waals surface area contributed by atoms with Gasteiger partial charge in [0, 0.05) is 10.6 Å². The number of halogens is 1. The maximum absolute atomic E-state index is 13.6. The number of hydrazone groups is 1. The standard InChI is InChI=1S/C29H26ClN3O3S/c1-21-8-11-23(12-9-21)19-31-32-29(34)25-15-13-24(14-16-25)20-33(28-18-26(30)17-10-22(28)2)37(35,36)27-6-4-3-5-7-27/h3-19H,20H2,1-2H3,(H,32,34)/b31-19-. The number of carbonyl (C=O) groups is 1. The van der Waals surface area contributed by atoms with Crippen LogP contribution in [0, 0.1) is 13.8 Å². The van der Waals surface area contributed by atoms with Crippen LogP contribution in [0.1, 0.15) is 32.6 Å². The second-order valence-electron chi connectivity index (χ2n) is 8.56. The zero-order chi connectivity index (χ0) is 26.4. The molecule has 0 saturated heterocycles. The zero-order valence-corrected chi connectivity index (χ0v) is 22.0. The predicted octanol–water partition coefficient (Wildman–Crippen LogP) is 6.12. The van der Waals surface area contributed by atoms with Gasteiger partial charge in [0.2, 0.25) is 0 Å². The Morgan fingerprint density at radius 3 is 2.27 bits per heavy atom. The van der Waals surface area contributed by atoms with E-state index in [1.807, 2.05) is 38.1 Å². The first kappa shape index (κ1) is 26.1. The van der Waals surface area contributed by atoms with Gasteiger partial charge in [-0.3, -0.25) is 9.10 Å². The third-order valence-electron chi connectivity index (χ3n) is 5.77. The Labute approximate surface area is 222 Å². The number of hydrogen-bond acceptors (Lipinski definition) is 4. The summed E-state index contributed by atoms with van der Waals surface area (Å²) < 4.78 is 28.6. The van der Waals surface area contributed by atoms with Gasteiger partial charge in [-0.1, -0.05) is 77.8 Å². The Bertz CT molecular complexity index is 1520. The molecular formula is C29H26ClN3O3S. The van der Waals surface area contributed by atoms with Crippen molar-refractivity contribution in [1.29, 1.82) is 0 Å². The topological polar surface area (TPSA) is 78.8 Å². The molecule has 188 valence electrons. The highest BCUT2D eigenvalue weighted by atomic mass is 35.5. The van der Waals surface area contributed by atoms with Crippen molar-refractivity contribution in [2.45, 2.75) is 25.3 Å². The molecule has 0 radical (unpaired) electrons. The number of nitrogens with one attached hydrogen (secondary N) is 1. The maximum Gasteiger partial charge on any atom is 0.271 e. The molecule has 0 aromatic heterocycles. The van der Waals surface area contributed by atoms with Gasteiger partial charge in [0.25, 0.3) is 15.9 Å². The van der Waals surface area contributed by atoms with E-state index in [9.17, 15) is 13.2 Å². The minimum atomic E-state index is -3.88. The second-order valence-corrected chi connectivity index (χ2v) is 10.9. The van der Waals surface area contributed by atoms with Crippen LogP contribution in [-0.2, 0) is 16.6 Å². The van der Waals surface area contributed by atoms with E-state index in [1.165, 1.54) is 4.31 Å². The van der Waals surface area contributed by atoms with Crippen LogP contribution >= 0.6 is 11.6 Å². The number of sulfonamides is 1. The number of hydrogen-bond donors (Lipinski definition) is 1. The normalized spacial score (nSPS) is 11.4. The molecule has 0 fully saturated rings. The minimum absolute atomic E-state index is 0.0614. The molecule has 1 N–H and O–H groups in total. The van der Waals surface area contributed by atoms with Crippen LogP contribution in [-0.4, -0.2) is 20.5 Å². The van der Waals surface area contributed by atoms with Gasteiger partial charge >= 0.3 is 0 Å². The molecule has 1 amide bonds. The number of nitrogens with zero attached hydrogens (tertiary/aromatic N) is 2. The molecule has 6 nitrogen and oxygen atoms in total. The van der Waals surface area contributed by atoms with Crippen LogP contribution in [0.25, 0.3) is 0 Å². The Hall–Kier alpha value is -3.94. The molecule has 8 heteroatoms. The number of anilines is 1. The summed E-state index contributed by atoms with van der Waals surface area (Å²) in [6.45, 7) is 3.90. The molecular weight excluding hydrogens is 506 g/mol. The van der Waals surface area contributed by atoms with Crippen molar-refractivity contribution in [1.82, 2.24) is 5.43 Å². The van der Waals surface area contributed by atoms with Crippen LogP contribution < -0.4 is 9.73 Å². The summed E-state index contributed by atoms with van der Waals surface area (Å²) in [6.07, 6.45) is 1.57. The summed E-state index contributed by atoms with van der Waals surface area (Å²) in [5.74, 6) is -0.366. The van der Waals surface area contributed by atoms with E-state index in [0.29, 0.717) is 21.8 Å². The fourth-order valence-corrected chi connectivity index (χ4v) is 5.38. The third kappa shape index (κ3) is 6.44. The van der Waals surface area contributed by atoms with Crippen molar-refractivity contribution in [2.24, 2.45) is 5.10 Å². The average Bonchev–Trinajstić information content (AvgIpc) is 2.90. The van der Waals surface area contributed by atoms with E-state index in [2.05, 4.69) is 10.5 Å². The lowest BCUT2D eigenvalue weighted by Crippen LogP contribution is -2.31. The molecule has 0 unspecified atom stereocenters. The highest BCUT2D eigenvalue weighted by molar-refractivity contribution is 7.92. The lowest BCUT2D eigenvalue weighted by atomic mass is 10.1. The van der Waals surface area contributed by atoms with Crippen molar-refractivity contribution in [3.8, 4) is 0 Å². The van der Waals surface area contributed by atoms with Gasteiger partial charge in [0.05, 0.1) is 23.3 Å². The van der Waals surface area contributed by atoms with Gasteiger partial charge in [-0.05, 0) is 66.9 Å². The summed E-state index contributed by atoms with van der Waals surface area (Å²) in [5, 5.41) is 4.45. The Morgan fingerprint density at radius 2 is 1.59 bits per heavy atom. The largest absolute Gasteiger partial charge is 0.271 e. The monoisotopic (exact) mass is 531 g/mol. The summed E-state index contributed by atoms with van der Waals surface area (Å²) in [5.41, 5.74) is 6.90. The maximum atomic E-state index is 13.6. The van der Waals surface area contributed by atoms with Crippen molar-refractivity contribution in [3.05, 3.63) is 130 Å². The molecule has 0 bridgehead atoms. The summed E-state index contributed by atoms with van der Waals surface area (Å²) >= 11 is 6.23. The smallest absolute Gasteiger partial charge is 0.267 e. The molecule has 0 aliphatic carbocycles. The molecule has 0 atom stereocenters. The molecule has 0 spiro atoms. The summed E-state index contributed by atoms with van der Waals surface area (Å²) in [6, 6.07) is 27.9. The van der Waals surface area contributed by atoms with Crippen molar-refractivity contribution in [2.75, 3.05) is 4.31 Å². The molecule has 0 aliphatic rings. The van der Waals surface area contributed by atoms with Crippen molar-refractivity contribution < 1.29 is 13.2 Å². The van der Waals surface area contributed by atoms with Crippen LogP contribution in [0.3, 0.4) is 0 Å². The summed E-state index contributed by atoms with van der Waals surface area (Å²) in [7, 11) is -3.88. The van der Waals surface area contributed by atoms with Gasteiger partial charge in [-0.15, -0.1) is 0 Å². The minimum Gasteiger partial charge on any atom is -0.267 e. The Morgan fingerprint density at radius 1 is 0.919 bits per heavy atom. The van der Waals surface area contributed by atoms with Gasteiger partial charge in [0.1, 0.15) is 0 Å². The molecule has 0 heterocycles. The van der Waals surface area contributed by atoms with E-state index in [-0.39, 0.29) is 17.3 Å². The van der Waals surface area contributed by atoms with Gasteiger partial charge < -0.3 is 0 Å². The third-order valence-corrected chi connectivity index (χ3v) is 7.78. The quantitative estimate of drug-likeness (QED) is 0.220. The first-order valence-corrected chi connectivity index (χ1v) is 13.4. The van der Waals surface area contributed by atoms with Crippen LogP contribution in [0.4, 0.5) is 5.69 Å². The van der Waals surface area contributed by atoms with E-state index in [1.54, 1.807) is 79.0 Å². The molecule has 0 aliphatic heterocycles. The molecule has 4 rings (SSSR count). The van der Waals surface area contributed by atoms with E-state index >= 15 is 0 Å². The lowest BCUT2D eigenvalue weighted by molar-refractivity contribution is 0.0955. The molecule has 0 saturated carbocycles.